The molecular weight excluding hydrogens is 837 g/mol. The van der Waals surface area contributed by atoms with Crippen molar-refractivity contribution in [3.63, 3.8) is 0 Å². The Morgan fingerprint density at radius 2 is 1.55 bits per heavy atom. The van der Waals surface area contributed by atoms with Gasteiger partial charge in [0.25, 0.3) is 0 Å². The molecule has 3 aliphatic carbocycles. The average Bonchev–Trinajstić information content (AvgIpc) is 2.99. The van der Waals surface area contributed by atoms with E-state index in [0.29, 0.717) is 12.0 Å². The Labute approximate surface area is 328 Å². The van der Waals surface area contributed by atoms with Crippen LogP contribution < -0.4 is 5.32 Å². The van der Waals surface area contributed by atoms with Crippen LogP contribution in [0, 0.1) is 83.5 Å². The summed E-state index contributed by atoms with van der Waals surface area (Å²) in [5, 5.41) is 29.0. The van der Waals surface area contributed by atoms with Crippen LogP contribution in [0.25, 0.3) is 0 Å². The molecule has 1 radical (unpaired) electrons. The monoisotopic (exact) mass is 894 g/mol. The van der Waals surface area contributed by atoms with Gasteiger partial charge in [-0.3, -0.25) is 9.59 Å². The number of hydrogen-bond acceptors (Lipinski definition) is 8. The van der Waals surface area contributed by atoms with Gasteiger partial charge in [-0.25, -0.2) is 4.79 Å². The van der Waals surface area contributed by atoms with E-state index < -0.39 is 81.0 Å². The predicted octanol–water partition coefficient (Wildman–Crippen LogP) is 5.62. The summed E-state index contributed by atoms with van der Waals surface area (Å²) in [5.41, 5.74) is -3.58. The van der Waals surface area contributed by atoms with Crippen molar-refractivity contribution in [2.24, 2.45) is 39.4 Å². The van der Waals surface area contributed by atoms with Crippen molar-refractivity contribution in [3.8, 4) is 0 Å². The molecular formula is C39H57AcNO8. The smallest absolute Gasteiger partial charge is 0.338 e. The van der Waals surface area contributed by atoms with Gasteiger partial charge < -0.3 is 29.7 Å². The van der Waals surface area contributed by atoms with Crippen LogP contribution in [-0.4, -0.2) is 70.2 Å². The number of amides is 1. The zero-order chi connectivity index (χ0) is 36.0. The first-order valence-corrected chi connectivity index (χ1v) is 17.5. The number of carbonyl (C=O) groups excluding carboxylic acids is 3. The molecule has 1 amide bonds. The van der Waals surface area contributed by atoms with Gasteiger partial charge >= 0.3 is 11.9 Å². The average molecular weight is 895 g/mol. The third-order valence-corrected chi connectivity index (χ3v) is 14.2. The molecule has 2 saturated carbocycles. The molecule has 4 aliphatic rings. The molecule has 10 heteroatoms. The van der Waals surface area contributed by atoms with Crippen molar-refractivity contribution < 1.29 is 82.9 Å². The first kappa shape index (κ1) is 40.5. The fraction of sp³-hybridized carbons (Fsp3) is 0.718. The number of hydrogen-bond donors (Lipinski definition) is 3. The second-order valence-electron chi connectivity index (χ2n) is 17.2. The molecule has 269 valence electrons. The van der Waals surface area contributed by atoms with Crippen LogP contribution in [0.5, 0.6) is 0 Å². The largest absolute Gasteiger partial charge is 0.457 e. The minimum atomic E-state index is -1.77. The summed E-state index contributed by atoms with van der Waals surface area (Å²) < 4.78 is 18.9. The predicted molar refractivity (Wildman–Crippen MR) is 182 cm³/mol. The summed E-state index contributed by atoms with van der Waals surface area (Å²) in [7, 11) is 0. The van der Waals surface area contributed by atoms with Gasteiger partial charge in [-0.15, -0.1) is 0 Å². The van der Waals surface area contributed by atoms with E-state index in [1.165, 1.54) is 6.92 Å². The van der Waals surface area contributed by atoms with Gasteiger partial charge in [-0.05, 0) is 67.1 Å². The molecule has 1 aliphatic heterocycles. The summed E-state index contributed by atoms with van der Waals surface area (Å²) in [4.78, 5) is 39.5. The van der Waals surface area contributed by atoms with E-state index in [4.69, 9.17) is 14.2 Å². The van der Waals surface area contributed by atoms with E-state index in [0.717, 1.165) is 11.1 Å². The second kappa shape index (κ2) is 13.3. The number of carbonyl (C=O) groups is 3. The number of benzene rings is 1. The maximum atomic E-state index is 14.1. The number of aliphatic hydroxyl groups is 2. The van der Waals surface area contributed by atoms with Gasteiger partial charge in [0.15, 0.2) is 0 Å². The fourth-order valence-electron chi connectivity index (χ4n) is 10.3. The molecule has 49 heavy (non-hydrogen) atoms. The minimum absolute atomic E-state index is 0. The molecule has 2 bridgehead atoms. The van der Waals surface area contributed by atoms with E-state index in [1.54, 1.807) is 38.1 Å². The molecule has 1 aromatic rings. The molecule has 1 saturated heterocycles. The van der Waals surface area contributed by atoms with E-state index in [9.17, 15) is 24.6 Å². The number of ether oxygens (including phenoxy) is 3. The third-order valence-electron chi connectivity index (χ3n) is 14.2. The Kier molecular flexibility index (Phi) is 11.0. The van der Waals surface area contributed by atoms with Gasteiger partial charge in [-0.2, -0.15) is 0 Å². The van der Waals surface area contributed by atoms with Crippen LogP contribution in [0.4, 0.5) is 0 Å². The normalized spacial score (nSPS) is 38.0. The second-order valence-corrected chi connectivity index (χ2v) is 17.2. The van der Waals surface area contributed by atoms with E-state index in [-0.39, 0.29) is 68.9 Å². The van der Waals surface area contributed by atoms with Crippen molar-refractivity contribution in [1.29, 1.82) is 0 Å². The van der Waals surface area contributed by atoms with Gasteiger partial charge in [0.2, 0.25) is 5.91 Å². The molecule has 1 aromatic carbocycles. The van der Waals surface area contributed by atoms with Gasteiger partial charge in [0.1, 0.15) is 23.4 Å². The first-order chi connectivity index (χ1) is 22.0. The van der Waals surface area contributed by atoms with Crippen molar-refractivity contribution in [1.82, 2.24) is 5.32 Å². The molecule has 0 spiro atoms. The Morgan fingerprint density at radius 3 is 2.08 bits per heavy atom. The Morgan fingerprint density at radius 1 is 0.959 bits per heavy atom. The zero-order valence-electron chi connectivity index (χ0n) is 31.5. The van der Waals surface area contributed by atoms with E-state index in [2.05, 4.69) is 46.9 Å². The van der Waals surface area contributed by atoms with Gasteiger partial charge in [-0.1, -0.05) is 79.2 Å². The Bertz CT molecular complexity index is 1510. The molecule has 9 nitrogen and oxygen atoms in total. The molecule has 3 N–H and O–H groups in total. The number of rotatable bonds is 6. The fourth-order valence-corrected chi connectivity index (χ4v) is 10.3. The topological polar surface area (TPSA) is 131 Å². The first-order valence-electron chi connectivity index (χ1n) is 17.5. The van der Waals surface area contributed by atoms with Crippen LogP contribution >= 0.6 is 0 Å². The molecule has 0 aromatic heterocycles. The van der Waals surface area contributed by atoms with Crippen molar-refractivity contribution in [2.75, 3.05) is 6.61 Å². The van der Waals surface area contributed by atoms with E-state index in [1.807, 2.05) is 26.8 Å². The maximum Gasteiger partial charge on any atom is 0.338 e. The summed E-state index contributed by atoms with van der Waals surface area (Å²) in [6, 6.07) is 8.24. The number of fused-ring (bicyclic) bond motifs is 5. The van der Waals surface area contributed by atoms with Crippen molar-refractivity contribution in [2.45, 2.75) is 131 Å². The molecule has 7 unspecified atom stereocenters. The summed E-state index contributed by atoms with van der Waals surface area (Å²) in [5.74, 6) is -2.88. The standard InChI is InChI=1S/C39H57NO8.Ac/c1-21(24(4)40-25(5)41)32(42)47-27-18-39(45)31(48-33(43)26-16-14-13-15-17-26)30-37(12,34(6,7)19-28-38(30,44)20-46-28)35(8,9)23(3)29(22(27)2)36(39,10)11;/h13-17,21,23-24,27-28,30-31,44-45H,18-20H2,1-12H3,(H,40,41);/t21-,23-,24?,27?,28?,30?,31?,37+,38?,39?;/m1./s1. The van der Waals surface area contributed by atoms with Crippen LogP contribution in [0.1, 0.15) is 106 Å². The molecule has 3 fully saturated rings. The quantitative estimate of drug-likeness (QED) is 0.248. The summed E-state index contributed by atoms with van der Waals surface area (Å²) in [6.45, 7) is 24.1. The minimum Gasteiger partial charge on any atom is -0.457 e. The SMILES string of the molecule is CC(=O)NC(C)[C@@H](C)C(=O)OC1CC2(O)C(OC(=O)c3ccccc3)C3C4(O)COC4CC(C)(C)[C@@]3(C)C(C)(C)[C@H](C)C(=C1C)C2(C)C.[Ac]. The van der Waals surface area contributed by atoms with Crippen LogP contribution in [0.3, 0.4) is 0 Å². The summed E-state index contributed by atoms with van der Waals surface area (Å²) in [6.07, 6.45) is -1.97. The number of esters is 2. The molecule has 5 rings (SSSR count). The Hall–Kier alpha value is -1.31. The Balaban J connectivity index is 0.00000541. The van der Waals surface area contributed by atoms with Crippen LogP contribution in [0.2, 0.25) is 0 Å². The molecule has 1 heterocycles. The van der Waals surface area contributed by atoms with Crippen LogP contribution in [0.15, 0.2) is 41.5 Å². The van der Waals surface area contributed by atoms with Crippen molar-refractivity contribution >= 4 is 17.8 Å². The van der Waals surface area contributed by atoms with Gasteiger partial charge in [0, 0.05) is 74.8 Å². The van der Waals surface area contributed by atoms with E-state index >= 15 is 0 Å². The maximum absolute atomic E-state index is 14.1. The third kappa shape index (κ3) is 5.90. The summed E-state index contributed by atoms with van der Waals surface area (Å²) >= 11 is 0. The molecule has 10 atom stereocenters. The number of nitrogens with one attached hydrogen (secondary N) is 1. The van der Waals surface area contributed by atoms with Crippen LogP contribution in [-0.2, 0) is 23.8 Å². The van der Waals surface area contributed by atoms with Gasteiger partial charge in [0.05, 0.1) is 24.2 Å². The van der Waals surface area contributed by atoms with Crippen molar-refractivity contribution in [3.05, 3.63) is 47.0 Å². The zero-order valence-corrected chi connectivity index (χ0v) is 36.2.